The molecule has 5 heteroatoms. The first-order valence-corrected chi connectivity index (χ1v) is 7.70. The SMILES string of the molecule is COC(=O)c1ccc(CN(C)C(C)CCSC)nc1. The maximum absolute atomic E-state index is 11.3. The lowest BCUT2D eigenvalue weighted by Gasteiger charge is -2.24. The Balaban J connectivity index is 2.55. The highest BCUT2D eigenvalue weighted by molar-refractivity contribution is 7.98. The number of hydrogen-bond donors (Lipinski definition) is 0. The fourth-order valence-corrected chi connectivity index (χ4v) is 2.25. The molecule has 0 amide bonds. The molecule has 0 bridgehead atoms. The average molecular weight is 282 g/mol. The molecule has 1 aromatic heterocycles. The molecule has 1 atom stereocenters. The Morgan fingerprint density at radius 3 is 2.79 bits per heavy atom. The Kier molecular flexibility index (Phi) is 6.87. The summed E-state index contributed by atoms with van der Waals surface area (Å²) in [7, 11) is 3.47. The van der Waals surface area contributed by atoms with Crippen molar-refractivity contribution in [2.45, 2.75) is 25.9 Å². The van der Waals surface area contributed by atoms with E-state index in [1.54, 1.807) is 12.3 Å². The van der Waals surface area contributed by atoms with Crippen molar-refractivity contribution in [3.8, 4) is 0 Å². The van der Waals surface area contributed by atoms with E-state index in [0.29, 0.717) is 11.6 Å². The molecule has 106 valence electrons. The van der Waals surface area contributed by atoms with E-state index in [0.717, 1.165) is 18.7 Å². The minimum Gasteiger partial charge on any atom is -0.465 e. The largest absolute Gasteiger partial charge is 0.465 e. The zero-order valence-corrected chi connectivity index (χ0v) is 12.9. The quantitative estimate of drug-likeness (QED) is 0.719. The number of thioether (sulfide) groups is 1. The summed E-state index contributed by atoms with van der Waals surface area (Å²) in [6.07, 6.45) is 4.86. The van der Waals surface area contributed by atoms with Gasteiger partial charge in [0.2, 0.25) is 0 Å². The Bertz CT molecular complexity index is 395. The van der Waals surface area contributed by atoms with Crippen molar-refractivity contribution in [1.82, 2.24) is 9.88 Å². The second-order valence-electron chi connectivity index (χ2n) is 4.58. The van der Waals surface area contributed by atoms with E-state index in [2.05, 4.69) is 34.8 Å². The van der Waals surface area contributed by atoms with E-state index in [4.69, 9.17) is 0 Å². The predicted octanol–water partition coefficient (Wildman–Crippen LogP) is 2.44. The molecule has 0 aliphatic heterocycles. The number of ether oxygens (including phenoxy) is 1. The van der Waals surface area contributed by atoms with Gasteiger partial charge in [-0.05, 0) is 44.5 Å². The Morgan fingerprint density at radius 1 is 1.53 bits per heavy atom. The van der Waals surface area contributed by atoms with Crippen molar-refractivity contribution in [2.24, 2.45) is 0 Å². The standard InChI is InChI=1S/C14H22N2O2S/c1-11(7-8-19-4)16(2)10-13-6-5-12(9-15-13)14(17)18-3/h5-6,9,11H,7-8,10H2,1-4H3. The molecule has 0 fully saturated rings. The van der Waals surface area contributed by atoms with Gasteiger partial charge >= 0.3 is 5.97 Å². The van der Waals surface area contributed by atoms with E-state index in [-0.39, 0.29) is 5.97 Å². The number of hydrogen-bond acceptors (Lipinski definition) is 5. The first-order chi connectivity index (χ1) is 9.08. The van der Waals surface area contributed by atoms with Gasteiger partial charge in [-0.3, -0.25) is 9.88 Å². The summed E-state index contributed by atoms with van der Waals surface area (Å²) in [6, 6.07) is 4.16. The van der Waals surface area contributed by atoms with Crippen LogP contribution in [0, 0.1) is 0 Å². The Labute approximate surface area is 119 Å². The molecule has 4 nitrogen and oxygen atoms in total. The van der Waals surface area contributed by atoms with Crippen molar-refractivity contribution in [1.29, 1.82) is 0 Å². The molecule has 1 aromatic rings. The van der Waals surface area contributed by atoms with Gasteiger partial charge in [-0.2, -0.15) is 11.8 Å². The molecule has 0 aliphatic rings. The van der Waals surface area contributed by atoms with E-state index in [1.165, 1.54) is 12.9 Å². The molecular formula is C14H22N2O2S. The normalized spacial score (nSPS) is 12.5. The van der Waals surface area contributed by atoms with Crippen LogP contribution in [0.3, 0.4) is 0 Å². The van der Waals surface area contributed by atoms with Crippen molar-refractivity contribution in [3.05, 3.63) is 29.6 Å². The minimum absolute atomic E-state index is 0.347. The number of nitrogens with zero attached hydrogens (tertiary/aromatic N) is 2. The van der Waals surface area contributed by atoms with Gasteiger partial charge in [0, 0.05) is 18.8 Å². The van der Waals surface area contributed by atoms with Crippen molar-refractivity contribution >= 4 is 17.7 Å². The van der Waals surface area contributed by atoms with Gasteiger partial charge in [-0.25, -0.2) is 4.79 Å². The molecule has 0 spiro atoms. The number of rotatable bonds is 7. The van der Waals surface area contributed by atoms with Crippen LogP contribution in [0.15, 0.2) is 18.3 Å². The molecule has 1 rings (SSSR count). The van der Waals surface area contributed by atoms with Gasteiger partial charge in [0.05, 0.1) is 18.4 Å². The number of esters is 1. The molecule has 0 radical (unpaired) electrons. The number of carbonyl (C=O) groups is 1. The highest BCUT2D eigenvalue weighted by atomic mass is 32.2. The lowest BCUT2D eigenvalue weighted by atomic mass is 10.2. The Morgan fingerprint density at radius 2 is 2.26 bits per heavy atom. The molecule has 0 saturated carbocycles. The van der Waals surface area contributed by atoms with Gasteiger partial charge < -0.3 is 4.74 Å². The number of pyridine rings is 1. The maximum Gasteiger partial charge on any atom is 0.339 e. The first-order valence-electron chi connectivity index (χ1n) is 6.31. The van der Waals surface area contributed by atoms with Crippen LogP contribution < -0.4 is 0 Å². The zero-order chi connectivity index (χ0) is 14.3. The summed E-state index contributed by atoms with van der Waals surface area (Å²) in [4.78, 5) is 17.9. The van der Waals surface area contributed by atoms with Crippen molar-refractivity contribution < 1.29 is 9.53 Å². The average Bonchev–Trinajstić information content (AvgIpc) is 2.44. The summed E-state index contributed by atoms with van der Waals surface area (Å²) in [5.74, 6) is 0.820. The number of aromatic nitrogens is 1. The van der Waals surface area contributed by atoms with Crippen LogP contribution in [0.2, 0.25) is 0 Å². The molecule has 0 saturated heterocycles. The fraction of sp³-hybridized carbons (Fsp3) is 0.571. The summed E-state index contributed by atoms with van der Waals surface area (Å²) < 4.78 is 4.65. The lowest BCUT2D eigenvalue weighted by molar-refractivity contribution is 0.0600. The summed E-state index contributed by atoms with van der Waals surface area (Å²) in [5.41, 5.74) is 1.45. The molecule has 19 heavy (non-hydrogen) atoms. The highest BCUT2D eigenvalue weighted by Gasteiger charge is 2.11. The summed E-state index contributed by atoms with van der Waals surface area (Å²) in [5, 5.41) is 0. The Hall–Kier alpha value is -1.07. The molecular weight excluding hydrogens is 260 g/mol. The monoisotopic (exact) mass is 282 g/mol. The second kappa shape index (κ2) is 8.17. The fourth-order valence-electron chi connectivity index (χ4n) is 1.68. The van der Waals surface area contributed by atoms with Crippen LogP contribution in [0.25, 0.3) is 0 Å². The highest BCUT2D eigenvalue weighted by Crippen LogP contribution is 2.10. The molecule has 0 aliphatic carbocycles. The van der Waals surface area contributed by atoms with Crippen LogP contribution in [0.4, 0.5) is 0 Å². The number of methoxy groups -OCH3 is 1. The molecule has 0 N–H and O–H groups in total. The number of carbonyl (C=O) groups excluding carboxylic acids is 1. The first kappa shape index (κ1) is 16.0. The lowest BCUT2D eigenvalue weighted by Crippen LogP contribution is -2.29. The zero-order valence-electron chi connectivity index (χ0n) is 12.0. The van der Waals surface area contributed by atoms with Crippen LogP contribution in [0.5, 0.6) is 0 Å². The third-order valence-corrected chi connectivity index (χ3v) is 3.79. The van der Waals surface area contributed by atoms with E-state index in [1.807, 2.05) is 17.8 Å². The van der Waals surface area contributed by atoms with Crippen LogP contribution in [-0.2, 0) is 11.3 Å². The summed E-state index contributed by atoms with van der Waals surface area (Å²) >= 11 is 1.87. The topological polar surface area (TPSA) is 42.4 Å². The second-order valence-corrected chi connectivity index (χ2v) is 5.56. The van der Waals surface area contributed by atoms with Gasteiger partial charge in [0.1, 0.15) is 0 Å². The summed E-state index contributed by atoms with van der Waals surface area (Å²) in [6.45, 7) is 3.01. The van der Waals surface area contributed by atoms with Crippen LogP contribution in [0.1, 0.15) is 29.4 Å². The van der Waals surface area contributed by atoms with Crippen molar-refractivity contribution in [2.75, 3.05) is 26.2 Å². The van der Waals surface area contributed by atoms with Crippen LogP contribution in [-0.4, -0.2) is 48.1 Å². The van der Waals surface area contributed by atoms with Gasteiger partial charge in [-0.1, -0.05) is 0 Å². The molecule has 1 unspecified atom stereocenters. The van der Waals surface area contributed by atoms with E-state index >= 15 is 0 Å². The van der Waals surface area contributed by atoms with Gasteiger partial charge in [-0.15, -0.1) is 0 Å². The van der Waals surface area contributed by atoms with Crippen molar-refractivity contribution in [3.63, 3.8) is 0 Å². The van der Waals surface area contributed by atoms with Gasteiger partial charge in [0.15, 0.2) is 0 Å². The van der Waals surface area contributed by atoms with E-state index in [9.17, 15) is 4.79 Å². The third-order valence-electron chi connectivity index (χ3n) is 3.15. The molecule has 1 heterocycles. The smallest absolute Gasteiger partial charge is 0.339 e. The van der Waals surface area contributed by atoms with Gasteiger partial charge in [0.25, 0.3) is 0 Å². The van der Waals surface area contributed by atoms with E-state index < -0.39 is 0 Å². The third kappa shape index (κ3) is 5.20. The van der Waals surface area contributed by atoms with Crippen LogP contribution >= 0.6 is 11.8 Å². The molecule has 0 aromatic carbocycles. The maximum atomic E-state index is 11.3. The predicted molar refractivity (Wildman–Crippen MR) is 79.5 cm³/mol. The minimum atomic E-state index is -0.347.